The standard InChI is InChI=1S/C20H39N5S/c1-21-19(22-15-20(24(2)3)11-14-26-16-20)23-17-9-12-25(13-10-17)18-7-5-4-6-8-18/h17-18H,4-16H2,1-3H3,(H2,21,22,23). The van der Waals surface area contributed by atoms with Crippen LogP contribution in [0.15, 0.2) is 4.99 Å². The lowest BCUT2D eigenvalue weighted by Gasteiger charge is -2.40. The molecule has 2 heterocycles. The lowest BCUT2D eigenvalue weighted by atomic mass is 9.92. The van der Waals surface area contributed by atoms with Crippen LogP contribution in [-0.2, 0) is 0 Å². The minimum absolute atomic E-state index is 0.270. The van der Waals surface area contributed by atoms with Gasteiger partial charge in [0.15, 0.2) is 5.96 Å². The van der Waals surface area contributed by atoms with Crippen molar-refractivity contribution >= 4 is 17.7 Å². The molecule has 150 valence electrons. The number of likely N-dealkylation sites (N-methyl/N-ethyl adjacent to an activating group) is 1. The second kappa shape index (κ2) is 9.65. The van der Waals surface area contributed by atoms with E-state index in [1.54, 1.807) is 0 Å². The minimum atomic E-state index is 0.270. The third kappa shape index (κ3) is 5.08. The summed E-state index contributed by atoms with van der Waals surface area (Å²) < 4.78 is 0. The normalized spacial score (nSPS) is 30.1. The van der Waals surface area contributed by atoms with Gasteiger partial charge in [0.05, 0.1) is 0 Å². The molecule has 0 aromatic rings. The molecule has 3 aliphatic rings. The van der Waals surface area contributed by atoms with Gasteiger partial charge in [-0.25, -0.2) is 0 Å². The molecule has 5 nitrogen and oxygen atoms in total. The largest absolute Gasteiger partial charge is 0.355 e. The molecule has 2 N–H and O–H groups in total. The number of hydrogen-bond acceptors (Lipinski definition) is 4. The molecule has 1 unspecified atom stereocenters. The fraction of sp³-hybridized carbons (Fsp3) is 0.950. The smallest absolute Gasteiger partial charge is 0.191 e. The zero-order valence-electron chi connectivity index (χ0n) is 17.1. The molecule has 0 aromatic heterocycles. The van der Waals surface area contributed by atoms with Crippen molar-refractivity contribution in [2.45, 2.75) is 69.0 Å². The predicted molar refractivity (Wildman–Crippen MR) is 114 cm³/mol. The van der Waals surface area contributed by atoms with Gasteiger partial charge in [-0.15, -0.1) is 0 Å². The highest BCUT2D eigenvalue weighted by atomic mass is 32.2. The number of piperidine rings is 1. The minimum Gasteiger partial charge on any atom is -0.355 e. The van der Waals surface area contributed by atoms with Crippen molar-refractivity contribution in [1.29, 1.82) is 0 Å². The zero-order chi connectivity index (χ0) is 18.4. The summed E-state index contributed by atoms with van der Waals surface area (Å²) in [5.74, 6) is 3.47. The highest BCUT2D eigenvalue weighted by molar-refractivity contribution is 7.99. The van der Waals surface area contributed by atoms with Crippen molar-refractivity contribution in [3.05, 3.63) is 0 Å². The van der Waals surface area contributed by atoms with Crippen LogP contribution in [0, 0.1) is 0 Å². The Morgan fingerprint density at radius 2 is 1.88 bits per heavy atom. The molecular formula is C20H39N5S. The van der Waals surface area contributed by atoms with E-state index in [0.717, 1.165) is 18.5 Å². The van der Waals surface area contributed by atoms with Gasteiger partial charge in [-0.2, -0.15) is 11.8 Å². The molecule has 3 fully saturated rings. The third-order valence-electron chi connectivity index (χ3n) is 6.80. The molecule has 0 amide bonds. The van der Waals surface area contributed by atoms with E-state index in [0.29, 0.717) is 6.04 Å². The number of aliphatic imine (C=N–C) groups is 1. The van der Waals surface area contributed by atoms with E-state index in [-0.39, 0.29) is 5.54 Å². The summed E-state index contributed by atoms with van der Waals surface area (Å²) in [7, 11) is 6.33. The second-order valence-corrected chi connectivity index (χ2v) is 9.70. The molecule has 6 heteroatoms. The van der Waals surface area contributed by atoms with Crippen LogP contribution >= 0.6 is 11.8 Å². The van der Waals surface area contributed by atoms with E-state index < -0.39 is 0 Å². The summed E-state index contributed by atoms with van der Waals surface area (Å²) >= 11 is 2.07. The average Bonchev–Trinajstić information content (AvgIpc) is 3.17. The summed E-state index contributed by atoms with van der Waals surface area (Å²) in [4.78, 5) is 9.65. The topological polar surface area (TPSA) is 42.9 Å². The van der Waals surface area contributed by atoms with Crippen LogP contribution in [0.4, 0.5) is 0 Å². The van der Waals surface area contributed by atoms with E-state index >= 15 is 0 Å². The lowest BCUT2D eigenvalue weighted by molar-refractivity contribution is 0.119. The molecule has 0 aromatic carbocycles. The Bertz CT molecular complexity index is 447. The molecule has 0 radical (unpaired) electrons. The van der Waals surface area contributed by atoms with E-state index in [2.05, 4.69) is 51.3 Å². The van der Waals surface area contributed by atoms with E-state index in [1.165, 1.54) is 76.0 Å². The van der Waals surface area contributed by atoms with Gasteiger partial charge >= 0.3 is 0 Å². The Morgan fingerprint density at radius 3 is 2.46 bits per heavy atom. The zero-order valence-corrected chi connectivity index (χ0v) is 17.9. The molecule has 2 aliphatic heterocycles. The number of guanidine groups is 1. The summed E-state index contributed by atoms with van der Waals surface area (Å²) in [6, 6.07) is 1.43. The molecule has 2 saturated heterocycles. The van der Waals surface area contributed by atoms with Gasteiger partial charge in [0.1, 0.15) is 0 Å². The Kier molecular flexibility index (Phi) is 7.53. The molecule has 1 saturated carbocycles. The molecule has 26 heavy (non-hydrogen) atoms. The number of hydrogen-bond donors (Lipinski definition) is 2. The molecular weight excluding hydrogens is 342 g/mol. The van der Waals surface area contributed by atoms with Crippen LogP contribution in [0.5, 0.6) is 0 Å². The van der Waals surface area contributed by atoms with Gasteiger partial charge in [0, 0.05) is 50.1 Å². The maximum Gasteiger partial charge on any atom is 0.191 e. The van der Waals surface area contributed by atoms with Gasteiger partial charge in [-0.3, -0.25) is 4.99 Å². The first-order valence-electron chi connectivity index (χ1n) is 10.6. The van der Waals surface area contributed by atoms with Crippen LogP contribution in [0.3, 0.4) is 0 Å². The first-order valence-corrected chi connectivity index (χ1v) is 11.7. The number of rotatable bonds is 5. The SMILES string of the molecule is CN=C(NCC1(N(C)C)CCSC1)NC1CCN(C2CCCCC2)CC1. The van der Waals surface area contributed by atoms with Crippen LogP contribution in [-0.4, -0.2) is 85.7 Å². The van der Waals surface area contributed by atoms with Gasteiger partial charge < -0.3 is 20.4 Å². The van der Waals surface area contributed by atoms with Crippen LogP contribution in [0.25, 0.3) is 0 Å². The maximum atomic E-state index is 4.50. The lowest BCUT2D eigenvalue weighted by Crippen LogP contribution is -2.56. The van der Waals surface area contributed by atoms with Crippen molar-refractivity contribution in [2.24, 2.45) is 4.99 Å². The van der Waals surface area contributed by atoms with Crippen LogP contribution in [0.2, 0.25) is 0 Å². The van der Waals surface area contributed by atoms with Crippen LogP contribution in [0.1, 0.15) is 51.4 Å². The van der Waals surface area contributed by atoms with Gasteiger partial charge in [-0.05, 0) is 52.0 Å². The predicted octanol–water partition coefficient (Wildman–Crippen LogP) is 2.39. The summed E-state index contributed by atoms with van der Waals surface area (Å²) in [5, 5.41) is 7.32. The number of nitrogens with one attached hydrogen (secondary N) is 2. The van der Waals surface area contributed by atoms with Gasteiger partial charge in [0.25, 0.3) is 0 Å². The van der Waals surface area contributed by atoms with Crippen molar-refractivity contribution < 1.29 is 0 Å². The number of likely N-dealkylation sites (tertiary alicyclic amines) is 1. The van der Waals surface area contributed by atoms with Crippen molar-refractivity contribution in [2.75, 3.05) is 52.3 Å². The van der Waals surface area contributed by atoms with Crippen LogP contribution < -0.4 is 10.6 Å². The Morgan fingerprint density at radius 1 is 1.15 bits per heavy atom. The quantitative estimate of drug-likeness (QED) is 0.565. The Labute approximate surface area is 164 Å². The third-order valence-corrected chi connectivity index (χ3v) is 8.04. The molecule has 0 spiro atoms. The van der Waals surface area contributed by atoms with Crippen molar-refractivity contribution in [3.8, 4) is 0 Å². The first-order chi connectivity index (χ1) is 12.6. The molecule has 3 rings (SSSR count). The first kappa shape index (κ1) is 20.3. The summed E-state index contributed by atoms with van der Waals surface area (Å²) in [5.41, 5.74) is 0.270. The summed E-state index contributed by atoms with van der Waals surface area (Å²) in [6.45, 7) is 3.47. The Balaban J connectivity index is 1.43. The molecule has 1 atom stereocenters. The van der Waals surface area contributed by atoms with Crippen molar-refractivity contribution in [3.63, 3.8) is 0 Å². The average molecular weight is 382 g/mol. The number of thioether (sulfide) groups is 1. The van der Waals surface area contributed by atoms with E-state index in [4.69, 9.17) is 0 Å². The van der Waals surface area contributed by atoms with Gasteiger partial charge in [0.2, 0.25) is 0 Å². The van der Waals surface area contributed by atoms with Crippen molar-refractivity contribution in [1.82, 2.24) is 20.4 Å². The second-order valence-electron chi connectivity index (χ2n) is 8.59. The molecule has 0 bridgehead atoms. The summed E-state index contributed by atoms with van der Waals surface area (Å²) in [6.07, 6.45) is 10.9. The fourth-order valence-corrected chi connectivity index (χ4v) is 6.29. The van der Waals surface area contributed by atoms with E-state index in [9.17, 15) is 0 Å². The highest BCUT2D eigenvalue weighted by Crippen LogP contribution is 2.31. The highest BCUT2D eigenvalue weighted by Gasteiger charge is 2.36. The van der Waals surface area contributed by atoms with Gasteiger partial charge in [-0.1, -0.05) is 19.3 Å². The van der Waals surface area contributed by atoms with E-state index in [1.807, 2.05) is 7.05 Å². The maximum absolute atomic E-state index is 4.50. The molecule has 1 aliphatic carbocycles. The number of nitrogens with zero attached hydrogens (tertiary/aromatic N) is 3. The Hall–Kier alpha value is -0.460. The fourth-order valence-electron chi connectivity index (χ4n) is 4.74. The monoisotopic (exact) mass is 381 g/mol.